The summed E-state index contributed by atoms with van der Waals surface area (Å²) in [6.45, 7) is 0. The molecule has 128 valence electrons. The van der Waals surface area contributed by atoms with Crippen molar-refractivity contribution in [1.29, 1.82) is 0 Å². The Morgan fingerprint density at radius 1 is 1.15 bits per heavy atom. The number of H-pyrrole nitrogens is 1. The van der Waals surface area contributed by atoms with Gasteiger partial charge in [0, 0.05) is 48.0 Å². The predicted octanol–water partition coefficient (Wildman–Crippen LogP) is 2.98. The molecular formula is C20H15N3O3. The van der Waals surface area contributed by atoms with Crippen LogP contribution in [0, 0.1) is 0 Å². The number of benzene rings is 1. The Morgan fingerprint density at radius 2 is 2.04 bits per heavy atom. The third-order valence-corrected chi connectivity index (χ3v) is 4.29. The van der Waals surface area contributed by atoms with Crippen LogP contribution in [0.4, 0.5) is 0 Å². The van der Waals surface area contributed by atoms with Gasteiger partial charge in [-0.2, -0.15) is 0 Å². The average Bonchev–Trinajstić information content (AvgIpc) is 3.12. The zero-order valence-corrected chi connectivity index (χ0v) is 13.7. The Kier molecular flexibility index (Phi) is 3.85. The van der Waals surface area contributed by atoms with E-state index in [1.54, 1.807) is 36.8 Å². The first-order chi connectivity index (χ1) is 12.6. The topological polar surface area (TPSA) is 87.5 Å². The second-order valence-electron chi connectivity index (χ2n) is 6.02. The van der Waals surface area contributed by atoms with Crippen molar-refractivity contribution in [2.45, 2.75) is 6.42 Å². The van der Waals surface area contributed by atoms with Crippen molar-refractivity contribution < 1.29 is 9.90 Å². The zero-order chi connectivity index (χ0) is 18.1. The lowest BCUT2D eigenvalue weighted by atomic mass is 10.1. The summed E-state index contributed by atoms with van der Waals surface area (Å²) in [5, 5.41) is 9.15. The molecule has 2 N–H and O–H groups in total. The summed E-state index contributed by atoms with van der Waals surface area (Å²) < 4.78 is 1.84. The molecule has 6 nitrogen and oxygen atoms in total. The molecule has 6 heteroatoms. The maximum atomic E-state index is 12.2. The van der Waals surface area contributed by atoms with Crippen LogP contribution >= 0.6 is 0 Å². The maximum Gasteiger partial charge on any atom is 0.335 e. The van der Waals surface area contributed by atoms with E-state index in [9.17, 15) is 9.59 Å². The van der Waals surface area contributed by atoms with Crippen LogP contribution in [0.5, 0.6) is 0 Å². The smallest absolute Gasteiger partial charge is 0.335 e. The Labute approximate surface area is 148 Å². The molecule has 0 fully saturated rings. The molecule has 3 heterocycles. The van der Waals surface area contributed by atoms with Crippen molar-refractivity contribution in [2.24, 2.45) is 0 Å². The summed E-state index contributed by atoms with van der Waals surface area (Å²) in [6.07, 6.45) is 7.51. The van der Waals surface area contributed by atoms with Crippen LogP contribution in [0.3, 0.4) is 0 Å². The van der Waals surface area contributed by atoms with Crippen LogP contribution in [0.15, 0.2) is 72.0 Å². The second-order valence-corrected chi connectivity index (χ2v) is 6.02. The predicted molar refractivity (Wildman–Crippen MR) is 97.5 cm³/mol. The lowest BCUT2D eigenvalue weighted by Gasteiger charge is -2.06. The minimum atomic E-state index is -0.960. The third kappa shape index (κ3) is 2.88. The number of aromatic carboxylic acids is 1. The average molecular weight is 345 g/mol. The molecule has 0 radical (unpaired) electrons. The quantitative estimate of drug-likeness (QED) is 0.595. The van der Waals surface area contributed by atoms with Gasteiger partial charge in [-0.1, -0.05) is 18.2 Å². The number of hydrogen-bond acceptors (Lipinski definition) is 3. The van der Waals surface area contributed by atoms with E-state index in [1.807, 2.05) is 34.9 Å². The van der Waals surface area contributed by atoms with Gasteiger partial charge in [-0.25, -0.2) is 4.79 Å². The van der Waals surface area contributed by atoms with Crippen molar-refractivity contribution >= 4 is 11.5 Å². The van der Waals surface area contributed by atoms with Gasteiger partial charge in [0.2, 0.25) is 0 Å². The number of aromatic nitrogens is 3. The standard InChI is InChI=1S/C20H15N3O3/c24-19-18-9-16(15-5-2-6-21-10-15)12-23(18)17(11-22-19)8-13-3-1-4-14(7-13)20(25)26/h1-7,9-12H,8H2,(H,22,24)(H,25,26). The van der Waals surface area contributed by atoms with Crippen molar-refractivity contribution in [3.05, 3.63) is 94.4 Å². The van der Waals surface area contributed by atoms with Crippen LogP contribution in [0.2, 0.25) is 0 Å². The molecule has 4 aromatic rings. The van der Waals surface area contributed by atoms with E-state index in [0.717, 1.165) is 22.4 Å². The molecule has 26 heavy (non-hydrogen) atoms. The molecular weight excluding hydrogens is 330 g/mol. The van der Waals surface area contributed by atoms with Crippen molar-refractivity contribution in [1.82, 2.24) is 14.4 Å². The summed E-state index contributed by atoms with van der Waals surface area (Å²) in [7, 11) is 0. The monoisotopic (exact) mass is 345 g/mol. The number of nitrogens with one attached hydrogen (secondary N) is 1. The number of carbonyl (C=O) groups is 1. The van der Waals surface area contributed by atoms with E-state index in [4.69, 9.17) is 5.11 Å². The summed E-state index contributed by atoms with van der Waals surface area (Å²) in [5.74, 6) is -0.960. The first-order valence-electron chi connectivity index (χ1n) is 8.07. The summed E-state index contributed by atoms with van der Waals surface area (Å²) in [6, 6.07) is 12.4. The second kappa shape index (κ2) is 6.33. The fourth-order valence-electron chi connectivity index (χ4n) is 3.02. The highest BCUT2D eigenvalue weighted by Crippen LogP contribution is 2.22. The van der Waals surface area contributed by atoms with Gasteiger partial charge >= 0.3 is 5.97 Å². The number of carboxylic acids is 1. The van der Waals surface area contributed by atoms with Crippen LogP contribution < -0.4 is 5.56 Å². The number of hydrogen-bond donors (Lipinski definition) is 2. The van der Waals surface area contributed by atoms with Gasteiger partial charge in [-0.3, -0.25) is 9.78 Å². The van der Waals surface area contributed by atoms with Gasteiger partial charge in [0.15, 0.2) is 0 Å². The molecule has 0 saturated heterocycles. The largest absolute Gasteiger partial charge is 0.478 e. The first kappa shape index (κ1) is 15.8. The molecule has 0 unspecified atom stereocenters. The zero-order valence-electron chi connectivity index (χ0n) is 13.7. The van der Waals surface area contributed by atoms with Gasteiger partial charge in [-0.15, -0.1) is 0 Å². The number of carboxylic acid groups (broad SMARTS) is 1. The fourth-order valence-corrected chi connectivity index (χ4v) is 3.02. The fraction of sp³-hybridized carbons (Fsp3) is 0.0500. The van der Waals surface area contributed by atoms with Gasteiger partial charge < -0.3 is 14.5 Å². The molecule has 0 saturated carbocycles. The number of aromatic amines is 1. The lowest BCUT2D eigenvalue weighted by molar-refractivity contribution is 0.0696. The third-order valence-electron chi connectivity index (χ3n) is 4.29. The number of pyridine rings is 1. The molecule has 4 rings (SSSR count). The highest BCUT2D eigenvalue weighted by molar-refractivity contribution is 5.87. The molecule has 3 aromatic heterocycles. The van der Waals surface area contributed by atoms with Gasteiger partial charge in [0.1, 0.15) is 5.52 Å². The summed E-state index contributed by atoms with van der Waals surface area (Å²) >= 11 is 0. The van der Waals surface area contributed by atoms with E-state index in [1.165, 1.54) is 0 Å². The summed E-state index contributed by atoms with van der Waals surface area (Å²) in [5.41, 5.74) is 4.14. The van der Waals surface area contributed by atoms with Crippen LogP contribution in [0.25, 0.3) is 16.6 Å². The maximum absolute atomic E-state index is 12.2. The van der Waals surface area contributed by atoms with E-state index in [2.05, 4.69) is 9.97 Å². The molecule has 0 bridgehead atoms. The number of nitrogens with zero attached hydrogens (tertiary/aromatic N) is 2. The number of fused-ring (bicyclic) bond motifs is 1. The molecule has 0 amide bonds. The van der Waals surface area contributed by atoms with Gasteiger partial charge in [0.05, 0.1) is 5.56 Å². The van der Waals surface area contributed by atoms with Crippen LogP contribution in [0.1, 0.15) is 21.6 Å². The molecule has 0 spiro atoms. The van der Waals surface area contributed by atoms with E-state index < -0.39 is 5.97 Å². The van der Waals surface area contributed by atoms with Gasteiger partial charge in [-0.05, 0) is 29.8 Å². The van der Waals surface area contributed by atoms with E-state index in [0.29, 0.717) is 11.9 Å². The van der Waals surface area contributed by atoms with Crippen LogP contribution in [-0.2, 0) is 6.42 Å². The van der Waals surface area contributed by atoms with E-state index in [-0.39, 0.29) is 11.1 Å². The Bertz CT molecular complexity index is 1160. The Hall–Kier alpha value is -3.67. The van der Waals surface area contributed by atoms with Crippen molar-refractivity contribution in [2.75, 3.05) is 0 Å². The van der Waals surface area contributed by atoms with E-state index >= 15 is 0 Å². The van der Waals surface area contributed by atoms with Crippen molar-refractivity contribution in [3.8, 4) is 11.1 Å². The first-order valence-corrected chi connectivity index (χ1v) is 8.07. The van der Waals surface area contributed by atoms with Crippen molar-refractivity contribution in [3.63, 3.8) is 0 Å². The molecule has 0 aliphatic heterocycles. The number of rotatable bonds is 4. The SMILES string of the molecule is O=C(O)c1cccc(Cc2c[nH]c(=O)c3cc(-c4cccnc4)cn23)c1. The van der Waals surface area contributed by atoms with Crippen LogP contribution in [-0.4, -0.2) is 25.4 Å². The minimum Gasteiger partial charge on any atom is -0.478 e. The Morgan fingerprint density at radius 3 is 2.81 bits per heavy atom. The molecule has 0 atom stereocenters. The Balaban J connectivity index is 1.80. The molecule has 0 aliphatic rings. The highest BCUT2D eigenvalue weighted by atomic mass is 16.4. The highest BCUT2D eigenvalue weighted by Gasteiger charge is 2.10. The normalized spacial score (nSPS) is 10.9. The lowest BCUT2D eigenvalue weighted by Crippen LogP contribution is -2.11. The molecule has 0 aliphatic carbocycles. The summed E-state index contributed by atoms with van der Waals surface area (Å²) in [4.78, 5) is 30.2. The molecule has 1 aromatic carbocycles. The minimum absolute atomic E-state index is 0.178. The van der Waals surface area contributed by atoms with Gasteiger partial charge in [0.25, 0.3) is 5.56 Å².